The van der Waals surface area contributed by atoms with E-state index in [1.807, 2.05) is 23.9 Å². The Bertz CT molecular complexity index is 379. The largest absolute Gasteiger partial charge is 0.453 e. The third-order valence-electron chi connectivity index (χ3n) is 2.34. The van der Waals surface area contributed by atoms with Gasteiger partial charge in [-0.3, -0.25) is 5.32 Å². The number of ether oxygens (including phenoxy) is 1. The predicted molar refractivity (Wildman–Crippen MR) is 61.5 cm³/mol. The van der Waals surface area contributed by atoms with Crippen LogP contribution in [0.25, 0.3) is 0 Å². The zero-order valence-corrected chi connectivity index (χ0v) is 9.39. The molecule has 1 aliphatic heterocycles. The highest BCUT2D eigenvalue weighted by atomic mass is 32.2. The van der Waals surface area contributed by atoms with Gasteiger partial charge in [0.1, 0.15) is 0 Å². The molecule has 3 nitrogen and oxygen atoms in total. The number of amides is 1. The highest BCUT2D eigenvalue weighted by Gasteiger charge is 2.10. The molecule has 0 saturated carbocycles. The Morgan fingerprint density at radius 3 is 3.20 bits per heavy atom. The van der Waals surface area contributed by atoms with Crippen molar-refractivity contribution >= 4 is 23.5 Å². The molecule has 0 unspecified atom stereocenters. The summed E-state index contributed by atoms with van der Waals surface area (Å²) in [6, 6.07) is 6.00. The molecule has 0 aliphatic carbocycles. The monoisotopic (exact) mass is 223 g/mol. The maximum Gasteiger partial charge on any atom is 0.411 e. The first kappa shape index (κ1) is 10.4. The van der Waals surface area contributed by atoms with Gasteiger partial charge in [0, 0.05) is 10.6 Å². The van der Waals surface area contributed by atoms with Crippen molar-refractivity contribution in [3.05, 3.63) is 23.8 Å². The van der Waals surface area contributed by atoms with Gasteiger partial charge in [0.15, 0.2) is 0 Å². The molecule has 0 atom stereocenters. The summed E-state index contributed by atoms with van der Waals surface area (Å²) in [5, 5.41) is 2.67. The van der Waals surface area contributed by atoms with E-state index in [1.54, 1.807) is 0 Å². The van der Waals surface area contributed by atoms with Crippen LogP contribution in [-0.2, 0) is 11.2 Å². The highest BCUT2D eigenvalue weighted by Crippen LogP contribution is 2.31. The molecular formula is C11H13NO2S. The van der Waals surface area contributed by atoms with E-state index in [1.165, 1.54) is 29.7 Å². The number of benzene rings is 1. The fourth-order valence-electron chi connectivity index (χ4n) is 1.61. The topological polar surface area (TPSA) is 38.3 Å². The maximum absolute atomic E-state index is 11.0. The van der Waals surface area contributed by atoms with Crippen LogP contribution in [0, 0.1) is 0 Å². The van der Waals surface area contributed by atoms with Crippen molar-refractivity contribution in [1.29, 1.82) is 0 Å². The highest BCUT2D eigenvalue weighted by molar-refractivity contribution is 7.99. The van der Waals surface area contributed by atoms with Crippen LogP contribution in [0.1, 0.15) is 12.0 Å². The van der Waals surface area contributed by atoms with Crippen molar-refractivity contribution in [3.8, 4) is 0 Å². The van der Waals surface area contributed by atoms with Crippen LogP contribution in [0.4, 0.5) is 10.5 Å². The summed E-state index contributed by atoms with van der Waals surface area (Å²) in [5.41, 5.74) is 2.13. The van der Waals surface area contributed by atoms with Gasteiger partial charge in [-0.2, -0.15) is 0 Å². The minimum atomic E-state index is -0.418. The van der Waals surface area contributed by atoms with Crippen molar-refractivity contribution < 1.29 is 9.53 Å². The summed E-state index contributed by atoms with van der Waals surface area (Å²) in [4.78, 5) is 12.3. The second-order valence-electron chi connectivity index (χ2n) is 3.39. The lowest BCUT2D eigenvalue weighted by Crippen LogP contribution is -2.11. The summed E-state index contributed by atoms with van der Waals surface area (Å²) < 4.78 is 4.54. The Morgan fingerprint density at radius 1 is 1.53 bits per heavy atom. The lowest BCUT2D eigenvalue weighted by Gasteiger charge is -2.16. The molecule has 15 heavy (non-hydrogen) atoms. The van der Waals surface area contributed by atoms with Crippen molar-refractivity contribution in [2.45, 2.75) is 17.7 Å². The zero-order valence-electron chi connectivity index (χ0n) is 8.58. The number of methoxy groups -OCH3 is 1. The van der Waals surface area contributed by atoms with Crippen molar-refractivity contribution in [2.24, 2.45) is 0 Å². The molecule has 80 valence electrons. The predicted octanol–water partition coefficient (Wildman–Crippen LogP) is 2.90. The summed E-state index contributed by atoms with van der Waals surface area (Å²) >= 11 is 1.88. The van der Waals surface area contributed by atoms with E-state index in [-0.39, 0.29) is 0 Å². The Morgan fingerprint density at radius 2 is 2.40 bits per heavy atom. The zero-order chi connectivity index (χ0) is 10.7. The van der Waals surface area contributed by atoms with Crippen molar-refractivity contribution in [2.75, 3.05) is 18.2 Å². The number of anilines is 1. The van der Waals surface area contributed by atoms with Gasteiger partial charge in [0.05, 0.1) is 7.11 Å². The Kier molecular flexibility index (Phi) is 3.16. The van der Waals surface area contributed by atoms with Crippen LogP contribution in [0.5, 0.6) is 0 Å². The molecule has 1 heterocycles. The molecule has 4 heteroatoms. The van der Waals surface area contributed by atoms with Gasteiger partial charge < -0.3 is 4.74 Å². The molecule has 0 radical (unpaired) electrons. The fraction of sp³-hybridized carbons (Fsp3) is 0.364. The maximum atomic E-state index is 11.0. The number of nitrogens with one attached hydrogen (secondary N) is 1. The molecule has 0 fully saturated rings. The SMILES string of the molecule is COC(=O)Nc1ccc2c(c1)CCCS2. The number of hydrogen-bond acceptors (Lipinski definition) is 3. The Balaban J connectivity index is 2.17. The molecule has 0 spiro atoms. The van der Waals surface area contributed by atoms with E-state index in [2.05, 4.69) is 16.1 Å². The van der Waals surface area contributed by atoms with E-state index in [4.69, 9.17) is 0 Å². The lowest BCUT2D eigenvalue weighted by molar-refractivity contribution is 0.187. The van der Waals surface area contributed by atoms with Gasteiger partial charge in [-0.05, 0) is 42.4 Å². The molecule has 1 N–H and O–H groups in total. The van der Waals surface area contributed by atoms with Crippen LogP contribution >= 0.6 is 11.8 Å². The third kappa shape index (κ3) is 2.45. The van der Waals surface area contributed by atoms with E-state index in [0.717, 1.165) is 12.1 Å². The van der Waals surface area contributed by atoms with E-state index < -0.39 is 6.09 Å². The van der Waals surface area contributed by atoms with Crippen LogP contribution < -0.4 is 5.32 Å². The number of thioether (sulfide) groups is 1. The Labute approximate surface area is 93.2 Å². The van der Waals surface area contributed by atoms with Crippen LogP contribution in [0.3, 0.4) is 0 Å². The number of carbonyl (C=O) groups excluding carboxylic acids is 1. The Hall–Kier alpha value is -1.16. The normalized spacial score (nSPS) is 14.2. The molecule has 0 saturated heterocycles. The molecular weight excluding hydrogens is 210 g/mol. The fourth-order valence-corrected chi connectivity index (χ4v) is 2.63. The van der Waals surface area contributed by atoms with Gasteiger partial charge >= 0.3 is 6.09 Å². The standard InChI is InChI=1S/C11H13NO2S/c1-14-11(13)12-9-4-5-10-8(7-9)3-2-6-15-10/h4-5,7H,2-3,6H2,1H3,(H,12,13). The number of hydrogen-bond donors (Lipinski definition) is 1. The van der Waals surface area contributed by atoms with E-state index in [9.17, 15) is 4.79 Å². The second-order valence-corrected chi connectivity index (χ2v) is 4.53. The summed E-state index contributed by atoms with van der Waals surface area (Å²) in [6.45, 7) is 0. The molecule has 0 bridgehead atoms. The van der Waals surface area contributed by atoms with Crippen LogP contribution in [-0.4, -0.2) is 19.0 Å². The lowest BCUT2D eigenvalue weighted by atomic mass is 10.1. The molecule has 2 rings (SSSR count). The molecule has 1 aromatic rings. The molecule has 1 aromatic carbocycles. The van der Waals surface area contributed by atoms with Gasteiger partial charge in [-0.15, -0.1) is 11.8 Å². The van der Waals surface area contributed by atoms with Crippen LogP contribution in [0.2, 0.25) is 0 Å². The van der Waals surface area contributed by atoms with Gasteiger partial charge in [0.25, 0.3) is 0 Å². The first-order chi connectivity index (χ1) is 7.29. The van der Waals surface area contributed by atoms with Gasteiger partial charge in [0.2, 0.25) is 0 Å². The van der Waals surface area contributed by atoms with Gasteiger partial charge in [-0.25, -0.2) is 4.79 Å². The first-order valence-electron chi connectivity index (χ1n) is 4.90. The minimum Gasteiger partial charge on any atom is -0.453 e. The molecule has 1 aliphatic rings. The summed E-state index contributed by atoms with van der Waals surface area (Å²) in [7, 11) is 1.36. The smallest absolute Gasteiger partial charge is 0.411 e. The minimum absolute atomic E-state index is 0.418. The summed E-state index contributed by atoms with van der Waals surface area (Å²) in [6.07, 6.45) is 1.89. The molecule has 0 aromatic heterocycles. The molecule has 1 amide bonds. The average molecular weight is 223 g/mol. The summed E-state index contributed by atoms with van der Waals surface area (Å²) in [5.74, 6) is 1.19. The van der Waals surface area contributed by atoms with Crippen LogP contribution in [0.15, 0.2) is 23.1 Å². The number of carbonyl (C=O) groups is 1. The van der Waals surface area contributed by atoms with Crippen molar-refractivity contribution in [3.63, 3.8) is 0 Å². The number of aryl methyl sites for hydroxylation is 1. The third-order valence-corrected chi connectivity index (χ3v) is 3.54. The number of fused-ring (bicyclic) bond motifs is 1. The first-order valence-corrected chi connectivity index (χ1v) is 5.89. The van der Waals surface area contributed by atoms with E-state index >= 15 is 0 Å². The quantitative estimate of drug-likeness (QED) is 0.795. The van der Waals surface area contributed by atoms with E-state index in [0.29, 0.717) is 0 Å². The average Bonchev–Trinajstić information content (AvgIpc) is 2.29. The van der Waals surface area contributed by atoms with Gasteiger partial charge in [-0.1, -0.05) is 0 Å². The number of rotatable bonds is 1. The van der Waals surface area contributed by atoms with Crippen molar-refractivity contribution in [1.82, 2.24) is 0 Å². The second kappa shape index (κ2) is 4.57.